The predicted octanol–water partition coefficient (Wildman–Crippen LogP) is 5.83. The Morgan fingerprint density at radius 2 is 1.68 bits per heavy atom. The predicted molar refractivity (Wildman–Crippen MR) is 132 cm³/mol. The Bertz CT molecular complexity index is 1520. The molecule has 0 saturated heterocycles. The monoisotopic (exact) mass is 475 g/mol. The summed E-state index contributed by atoms with van der Waals surface area (Å²) in [6, 6.07) is 15.3. The Labute approximate surface area is 201 Å². The van der Waals surface area contributed by atoms with E-state index >= 15 is 0 Å². The summed E-state index contributed by atoms with van der Waals surface area (Å²) in [5, 5.41) is 0.952. The van der Waals surface area contributed by atoms with Crippen molar-refractivity contribution in [3.05, 3.63) is 97.9 Å². The second kappa shape index (κ2) is 8.22. The van der Waals surface area contributed by atoms with Crippen LogP contribution >= 0.6 is 11.6 Å². The third kappa shape index (κ3) is 3.33. The fourth-order valence-corrected chi connectivity index (χ4v) is 4.60. The van der Waals surface area contributed by atoms with E-state index in [2.05, 4.69) is 0 Å². The van der Waals surface area contributed by atoms with Crippen molar-refractivity contribution in [1.29, 1.82) is 0 Å². The Kier molecular flexibility index (Phi) is 5.33. The molecule has 5 rings (SSSR count). The number of aryl methyl sites for hydroxylation is 2. The maximum absolute atomic E-state index is 13.8. The van der Waals surface area contributed by atoms with Crippen molar-refractivity contribution < 1.29 is 18.7 Å². The van der Waals surface area contributed by atoms with E-state index in [1.807, 2.05) is 38.1 Å². The molecular weight excluding hydrogens is 454 g/mol. The Balaban J connectivity index is 1.82. The van der Waals surface area contributed by atoms with Gasteiger partial charge in [-0.05, 0) is 61.4 Å². The van der Waals surface area contributed by atoms with Gasteiger partial charge in [0.2, 0.25) is 5.76 Å². The molecular formula is C27H22ClNO5. The van der Waals surface area contributed by atoms with Crippen LogP contribution in [0, 0.1) is 13.8 Å². The number of nitrogens with zero attached hydrogens (tertiary/aromatic N) is 1. The first-order chi connectivity index (χ1) is 16.3. The first-order valence-corrected chi connectivity index (χ1v) is 11.1. The minimum atomic E-state index is -0.734. The molecule has 0 fully saturated rings. The molecule has 0 N–H and O–H groups in total. The standard InChI is InChI=1S/C27H22ClNO5/c1-14-5-9-20-18(11-14)25(30)23-24(16-7-10-21(32-3)22(12-16)33-4)29(27(31)26(23)34-20)17-8-6-15(2)19(28)13-17/h5-13,24H,1-4H3. The van der Waals surface area contributed by atoms with Gasteiger partial charge in [0.25, 0.3) is 5.91 Å². The molecule has 0 aliphatic carbocycles. The number of carbonyl (C=O) groups is 1. The number of methoxy groups -OCH3 is 2. The maximum atomic E-state index is 13.8. The van der Waals surface area contributed by atoms with Crippen LogP contribution in [0.3, 0.4) is 0 Å². The van der Waals surface area contributed by atoms with Crippen molar-refractivity contribution in [3.8, 4) is 11.5 Å². The van der Waals surface area contributed by atoms with Crippen LogP contribution in [0.1, 0.15) is 38.9 Å². The number of hydrogen-bond acceptors (Lipinski definition) is 5. The molecule has 1 atom stereocenters. The van der Waals surface area contributed by atoms with Crippen LogP contribution in [-0.4, -0.2) is 20.1 Å². The first-order valence-electron chi connectivity index (χ1n) is 10.7. The first kappa shape index (κ1) is 22.0. The highest BCUT2D eigenvalue weighted by Crippen LogP contribution is 2.43. The summed E-state index contributed by atoms with van der Waals surface area (Å²) < 4.78 is 16.9. The lowest BCUT2D eigenvalue weighted by Crippen LogP contribution is -2.29. The summed E-state index contributed by atoms with van der Waals surface area (Å²) in [5.41, 5.74) is 3.46. The van der Waals surface area contributed by atoms with Crippen LogP contribution in [0.2, 0.25) is 5.02 Å². The van der Waals surface area contributed by atoms with E-state index in [9.17, 15) is 9.59 Å². The van der Waals surface area contributed by atoms with Gasteiger partial charge in [-0.2, -0.15) is 0 Å². The van der Waals surface area contributed by atoms with Crippen molar-refractivity contribution >= 4 is 34.2 Å². The molecule has 0 spiro atoms. The van der Waals surface area contributed by atoms with Crippen LogP contribution in [0.15, 0.2) is 63.8 Å². The molecule has 2 heterocycles. The van der Waals surface area contributed by atoms with Crippen LogP contribution in [-0.2, 0) is 0 Å². The fraction of sp³-hybridized carbons (Fsp3) is 0.185. The van der Waals surface area contributed by atoms with Gasteiger partial charge < -0.3 is 13.9 Å². The number of rotatable bonds is 4. The van der Waals surface area contributed by atoms with Gasteiger partial charge >= 0.3 is 0 Å². The number of hydrogen-bond donors (Lipinski definition) is 0. The van der Waals surface area contributed by atoms with Gasteiger partial charge in [-0.1, -0.05) is 35.4 Å². The van der Waals surface area contributed by atoms with E-state index in [1.165, 1.54) is 7.11 Å². The molecule has 0 saturated carbocycles. The van der Waals surface area contributed by atoms with Crippen molar-refractivity contribution in [1.82, 2.24) is 0 Å². The molecule has 4 aromatic rings. The van der Waals surface area contributed by atoms with Crippen molar-refractivity contribution in [2.24, 2.45) is 0 Å². The van der Waals surface area contributed by atoms with Gasteiger partial charge in [0, 0.05) is 10.7 Å². The third-order valence-corrected chi connectivity index (χ3v) is 6.59. The molecule has 1 amide bonds. The molecule has 34 heavy (non-hydrogen) atoms. The van der Waals surface area contributed by atoms with Gasteiger partial charge in [0.1, 0.15) is 5.58 Å². The second-order valence-electron chi connectivity index (χ2n) is 8.30. The summed E-state index contributed by atoms with van der Waals surface area (Å²) in [5.74, 6) is 0.651. The topological polar surface area (TPSA) is 69.0 Å². The number of carbonyl (C=O) groups excluding carboxylic acids is 1. The molecule has 3 aromatic carbocycles. The molecule has 0 bridgehead atoms. The average molecular weight is 476 g/mol. The molecule has 1 aromatic heterocycles. The molecule has 1 unspecified atom stereocenters. The van der Waals surface area contributed by atoms with E-state index in [0.29, 0.717) is 38.7 Å². The molecule has 172 valence electrons. The molecule has 1 aliphatic rings. The average Bonchev–Trinajstić information content (AvgIpc) is 3.13. The van der Waals surface area contributed by atoms with E-state index in [4.69, 9.17) is 25.5 Å². The summed E-state index contributed by atoms with van der Waals surface area (Å²) in [4.78, 5) is 29.0. The minimum absolute atomic E-state index is 0.0258. The van der Waals surface area contributed by atoms with Gasteiger partial charge in [0.15, 0.2) is 16.9 Å². The van der Waals surface area contributed by atoms with E-state index in [-0.39, 0.29) is 16.8 Å². The molecule has 1 aliphatic heterocycles. The van der Waals surface area contributed by atoms with E-state index < -0.39 is 11.9 Å². The number of amides is 1. The quantitative estimate of drug-likeness (QED) is 0.371. The van der Waals surface area contributed by atoms with Gasteiger partial charge in [-0.15, -0.1) is 0 Å². The number of halogens is 1. The Hall–Kier alpha value is -3.77. The normalized spacial score (nSPS) is 15.0. The lowest BCUT2D eigenvalue weighted by Gasteiger charge is -2.26. The highest BCUT2D eigenvalue weighted by molar-refractivity contribution is 6.31. The Morgan fingerprint density at radius 3 is 2.38 bits per heavy atom. The third-order valence-electron chi connectivity index (χ3n) is 6.18. The lowest BCUT2D eigenvalue weighted by molar-refractivity contribution is 0.0971. The van der Waals surface area contributed by atoms with Gasteiger partial charge in [0.05, 0.1) is 31.2 Å². The SMILES string of the molecule is COc1ccc(C2c3c(oc4ccc(C)cc4c3=O)C(=O)N2c2ccc(C)c(Cl)c2)cc1OC. The number of ether oxygens (including phenoxy) is 2. The molecule has 6 nitrogen and oxygen atoms in total. The zero-order chi connectivity index (χ0) is 24.1. The summed E-state index contributed by atoms with van der Waals surface area (Å²) in [6.07, 6.45) is 0. The zero-order valence-electron chi connectivity index (χ0n) is 19.1. The largest absolute Gasteiger partial charge is 0.493 e. The van der Waals surface area contributed by atoms with Crippen molar-refractivity contribution in [3.63, 3.8) is 0 Å². The smallest absolute Gasteiger partial charge is 0.295 e. The van der Waals surface area contributed by atoms with Crippen LogP contribution in [0.4, 0.5) is 5.69 Å². The zero-order valence-corrected chi connectivity index (χ0v) is 19.9. The molecule has 7 heteroatoms. The van der Waals surface area contributed by atoms with Crippen molar-refractivity contribution in [2.75, 3.05) is 19.1 Å². The molecule has 0 radical (unpaired) electrons. The lowest BCUT2D eigenvalue weighted by atomic mass is 9.97. The van der Waals surface area contributed by atoms with Crippen molar-refractivity contribution in [2.45, 2.75) is 19.9 Å². The summed E-state index contributed by atoms with van der Waals surface area (Å²) in [6.45, 7) is 3.79. The van der Waals surface area contributed by atoms with Gasteiger partial charge in [-0.25, -0.2) is 0 Å². The van der Waals surface area contributed by atoms with Crippen LogP contribution in [0.5, 0.6) is 11.5 Å². The van der Waals surface area contributed by atoms with Crippen LogP contribution < -0.4 is 19.8 Å². The fourth-order valence-electron chi connectivity index (χ4n) is 4.42. The highest BCUT2D eigenvalue weighted by atomic mass is 35.5. The minimum Gasteiger partial charge on any atom is -0.493 e. The maximum Gasteiger partial charge on any atom is 0.295 e. The van der Waals surface area contributed by atoms with E-state index in [1.54, 1.807) is 42.3 Å². The van der Waals surface area contributed by atoms with Crippen LogP contribution in [0.25, 0.3) is 11.0 Å². The Morgan fingerprint density at radius 1 is 0.912 bits per heavy atom. The summed E-state index contributed by atoms with van der Waals surface area (Å²) >= 11 is 6.41. The number of fused-ring (bicyclic) bond motifs is 2. The highest BCUT2D eigenvalue weighted by Gasteiger charge is 2.44. The number of anilines is 1. The summed E-state index contributed by atoms with van der Waals surface area (Å²) in [7, 11) is 3.09. The van der Waals surface area contributed by atoms with E-state index in [0.717, 1.165) is 11.1 Å². The number of benzene rings is 3. The van der Waals surface area contributed by atoms with Gasteiger partial charge in [-0.3, -0.25) is 14.5 Å². The second-order valence-corrected chi connectivity index (χ2v) is 8.71.